The molecule has 0 saturated carbocycles. The predicted molar refractivity (Wildman–Crippen MR) is 134 cm³/mol. The maximum absolute atomic E-state index is 12.8. The van der Waals surface area contributed by atoms with Crippen molar-refractivity contribution in [3.63, 3.8) is 0 Å². The van der Waals surface area contributed by atoms with Crippen LogP contribution in [0.1, 0.15) is 51.4 Å². The largest absolute Gasteiger partial charge is 0.416 e. The highest BCUT2D eigenvalue weighted by Gasteiger charge is 2.31. The van der Waals surface area contributed by atoms with E-state index in [-0.39, 0.29) is 11.8 Å². The topological polar surface area (TPSA) is 62.5 Å². The third-order valence-electron chi connectivity index (χ3n) is 6.37. The first kappa shape index (κ1) is 27.7. The zero-order chi connectivity index (χ0) is 27.0. The van der Waals surface area contributed by atoms with Gasteiger partial charge in [-0.05, 0) is 73.6 Å². The van der Waals surface area contributed by atoms with Crippen LogP contribution in [0.3, 0.4) is 0 Å². The normalized spacial score (nSPS) is 13.8. The van der Waals surface area contributed by atoms with Crippen LogP contribution in [0.5, 0.6) is 0 Å². The first-order valence-electron chi connectivity index (χ1n) is 11.9. The van der Waals surface area contributed by atoms with Gasteiger partial charge in [0.2, 0.25) is 18.8 Å². The average molecular weight is 515 g/mol. The molecule has 0 spiro atoms. The van der Waals surface area contributed by atoms with E-state index in [2.05, 4.69) is 5.32 Å². The van der Waals surface area contributed by atoms with Crippen LogP contribution in [0.4, 0.5) is 18.9 Å². The van der Waals surface area contributed by atoms with Gasteiger partial charge in [0, 0.05) is 41.2 Å². The van der Waals surface area contributed by atoms with Gasteiger partial charge in [0.15, 0.2) is 0 Å². The van der Waals surface area contributed by atoms with Crippen LogP contribution in [-0.4, -0.2) is 37.4 Å². The number of pyridine rings is 1. The number of amides is 2. The van der Waals surface area contributed by atoms with E-state index >= 15 is 0 Å². The van der Waals surface area contributed by atoms with Gasteiger partial charge in [-0.2, -0.15) is 13.2 Å². The number of piperidine rings is 1. The van der Waals surface area contributed by atoms with Crippen molar-refractivity contribution in [1.29, 1.82) is 0 Å². The highest BCUT2D eigenvalue weighted by molar-refractivity contribution is 5.96. The van der Waals surface area contributed by atoms with Crippen LogP contribution in [0.25, 0.3) is 0 Å². The molecular formula is C28H31F3N3O3+. The number of alkyl halides is 3. The molecule has 2 heterocycles. The number of aromatic nitrogens is 1. The fourth-order valence-corrected chi connectivity index (χ4v) is 4.13. The maximum Gasteiger partial charge on any atom is 0.416 e. The predicted octanol–water partition coefficient (Wildman–Crippen LogP) is 4.94. The Hall–Kier alpha value is -3.88. The minimum Gasteiger partial charge on any atom is -0.339 e. The summed E-state index contributed by atoms with van der Waals surface area (Å²) in [4.78, 5) is 30.1. The molecule has 0 aliphatic carbocycles. The molecule has 37 heavy (non-hydrogen) atoms. The summed E-state index contributed by atoms with van der Waals surface area (Å²) in [5.74, 6) is 0.0245. The second-order valence-electron chi connectivity index (χ2n) is 8.90. The number of rotatable bonds is 5. The number of nitrogens with zero attached hydrogens (tertiary/aromatic N) is 2. The van der Waals surface area contributed by atoms with Gasteiger partial charge < -0.3 is 10.2 Å². The van der Waals surface area contributed by atoms with Crippen molar-refractivity contribution >= 4 is 18.0 Å². The third-order valence-corrected chi connectivity index (χ3v) is 6.37. The Morgan fingerprint density at radius 2 is 1.65 bits per heavy atom. The minimum absolute atomic E-state index is 0.111. The van der Waals surface area contributed by atoms with E-state index in [9.17, 15) is 22.8 Å². The molecule has 0 unspecified atom stereocenters. The van der Waals surface area contributed by atoms with E-state index in [1.54, 1.807) is 34.9 Å². The van der Waals surface area contributed by atoms with Crippen LogP contribution < -0.4 is 14.9 Å². The number of benzene rings is 2. The van der Waals surface area contributed by atoms with Crippen molar-refractivity contribution < 1.29 is 32.3 Å². The Balaban J connectivity index is 0.000000356. The molecule has 0 radical (unpaired) electrons. The number of carbonyl (C=O) groups is 2. The van der Waals surface area contributed by atoms with Gasteiger partial charge >= 0.3 is 6.18 Å². The summed E-state index contributed by atoms with van der Waals surface area (Å²) >= 11 is 0. The molecule has 196 valence electrons. The van der Waals surface area contributed by atoms with E-state index < -0.39 is 11.7 Å². The lowest BCUT2D eigenvalue weighted by atomic mass is 9.88. The molecule has 2 amide bonds. The highest BCUT2D eigenvalue weighted by atomic mass is 19.4. The smallest absolute Gasteiger partial charge is 0.339 e. The molecule has 1 saturated heterocycles. The number of halogens is 3. The number of carbonyl (C=O) groups excluding carboxylic acids is 2. The summed E-state index contributed by atoms with van der Waals surface area (Å²) in [6.45, 7) is 4.96. The fraction of sp³-hybridized carbons (Fsp3) is 0.321. The van der Waals surface area contributed by atoms with Crippen molar-refractivity contribution in [2.24, 2.45) is 0 Å². The van der Waals surface area contributed by atoms with Gasteiger partial charge in [-0.1, -0.05) is 18.2 Å². The summed E-state index contributed by atoms with van der Waals surface area (Å²) in [5.41, 5.74) is 3.42. The molecule has 1 aliphatic rings. The summed E-state index contributed by atoms with van der Waals surface area (Å²) in [5, 5.41) is 2.59. The molecule has 1 aromatic heterocycles. The Labute approximate surface area is 214 Å². The molecule has 4 rings (SSSR count). The van der Waals surface area contributed by atoms with E-state index in [0.29, 0.717) is 43.6 Å². The summed E-state index contributed by atoms with van der Waals surface area (Å²) in [6.07, 6.45) is 1.38. The third kappa shape index (κ3) is 7.55. The molecule has 2 aromatic carbocycles. The zero-order valence-corrected chi connectivity index (χ0v) is 21.1. The molecule has 1 N–H and O–H groups in total. The summed E-state index contributed by atoms with van der Waals surface area (Å²) < 4.78 is 39.7. The van der Waals surface area contributed by atoms with E-state index in [0.717, 1.165) is 23.3 Å². The van der Waals surface area contributed by atoms with Gasteiger partial charge in [0.25, 0.3) is 5.91 Å². The zero-order valence-electron chi connectivity index (χ0n) is 21.1. The van der Waals surface area contributed by atoms with Gasteiger partial charge in [-0.15, -0.1) is 0 Å². The van der Waals surface area contributed by atoms with E-state index in [1.165, 1.54) is 17.7 Å². The van der Waals surface area contributed by atoms with Crippen molar-refractivity contribution in [3.05, 3.63) is 94.8 Å². The van der Waals surface area contributed by atoms with Crippen LogP contribution in [-0.2, 0) is 11.0 Å². The second kappa shape index (κ2) is 12.4. The van der Waals surface area contributed by atoms with Gasteiger partial charge in [0.1, 0.15) is 7.11 Å². The van der Waals surface area contributed by atoms with Crippen molar-refractivity contribution in [2.75, 3.05) is 25.5 Å². The first-order valence-corrected chi connectivity index (χ1v) is 11.9. The SMILES string of the molecule is CO[n+]1ccc(C)cc1.Cc1ccc(C(=O)N2CCC(c3ccc(C(F)(F)F)cc3)CC2)cc1NC=O. The molecule has 6 nitrogen and oxygen atoms in total. The highest BCUT2D eigenvalue weighted by Crippen LogP contribution is 2.33. The van der Waals surface area contributed by atoms with Gasteiger partial charge in [0.05, 0.1) is 5.56 Å². The van der Waals surface area contributed by atoms with Gasteiger partial charge in [-0.3, -0.25) is 14.4 Å². The maximum atomic E-state index is 12.8. The Morgan fingerprint density at radius 3 is 2.19 bits per heavy atom. The van der Waals surface area contributed by atoms with Crippen molar-refractivity contribution in [1.82, 2.24) is 4.90 Å². The Kier molecular flexibility index (Phi) is 9.27. The first-order chi connectivity index (χ1) is 17.6. The van der Waals surface area contributed by atoms with Crippen molar-refractivity contribution in [2.45, 2.75) is 38.8 Å². The number of hydrogen-bond acceptors (Lipinski definition) is 3. The molecule has 1 aliphatic heterocycles. The minimum atomic E-state index is -4.33. The summed E-state index contributed by atoms with van der Waals surface area (Å²) in [6, 6.07) is 14.4. The molecular weight excluding hydrogens is 483 g/mol. The number of aryl methyl sites for hydroxylation is 2. The molecule has 0 atom stereocenters. The lowest BCUT2D eigenvalue weighted by molar-refractivity contribution is -0.885. The molecule has 3 aromatic rings. The van der Waals surface area contributed by atoms with E-state index in [4.69, 9.17) is 4.84 Å². The number of hydrogen-bond donors (Lipinski definition) is 1. The number of anilines is 1. The molecule has 9 heteroatoms. The number of nitrogens with one attached hydrogen (secondary N) is 1. The van der Waals surface area contributed by atoms with Crippen LogP contribution >= 0.6 is 0 Å². The monoisotopic (exact) mass is 514 g/mol. The fourth-order valence-electron chi connectivity index (χ4n) is 4.13. The molecule has 1 fully saturated rings. The molecule has 0 bridgehead atoms. The van der Waals surface area contributed by atoms with Crippen LogP contribution in [0.15, 0.2) is 67.0 Å². The van der Waals surface area contributed by atoms with E-state index in [1.807, 2.05) is 38.4 Å². The standard InChI is InChI=1S/C21H21F3N2O2.C7H10NO/c1-14-2-3-17(12-19(14)25-13-27)20(28)26-10-8-16(9-11-26)15-4-6-18(7-5-15)21(22,23)24;1-7-3-5-8(9-2)6-4-7/h2-7,12-13,16H,8-11H2,1H3,(H,25,27);3-6H,1-2H3/q;+1. The second-order valence-corrected chi connectivity index (χ2v) is 8.90. The van der Waals surface area contributed by atoms with Gasteiger partial charge in [-0.25, -0.2) is 0 Å². The Morgan fingerprint density at radius 1 is 1.03 bits per heavy atom. The lowest BCUT2D eigenvalue weighted by Crippen LogP contribution is -2.39. The Bertz CT molecular complexity index is 1190. The number of likely N-dealkylation sites (tertiary alicyclic amines) is 1. The van der Waals surface area contributed by atoms with Crippen molar-refractivity contribution in [3.8, 4) is 0 Å². The van der Waals surface area contributed by atoms with Crippen LogP contribution in [0.2, 0.25) is 0 Å². The lowest BCUT2D eigenvalue weighted by Gasteiger charge is -2.32. The average Bonchev–Trinajstić information content (AvgIpc) is 2.90. The summed E-state index contributed by atoms with van der Waals surface area (Å²) in [7, 11) is 1.63. The quantitative estimate of drug-likeness (QED) is 0.388. The van der Waals surface area contributed by atoms with Crippen LogP contribution in [0, 0.1) is 13.8 Å².